The molecule has 1 amide bonds. The quantitative estimate of drug-likeness (QED) is 0.810. The molecule has 1 unspecified atom stereocenters. The Morgan fingerprint density at radius 2 is 2.15 bits per heavy atom. The third-order valence-electron chi connectivity index (χ3n) is 5.29. The highest BCUT2D eigenvalue weighted by Gasteiger charge is 2.51. The highest BCUT2D eigenvalue weighted by Crippen LogP contribution is 2.46. The van der Waals surface area contributed by atoms with E-state index in [2.05, 4.69) is 24.0 Å². The average Bonchev–Trinajstić information content (AvgIpc) is 3.05. The number of aryl methyl sites for hydroxylation is 2. The largest absolute Gasteiger partial charge is 0.488 e. The van der Waals surface area contributed by atoms with Gasteiger partial charge in [-0.3, -0.25) is 9.78 Å². The van der Waals surface area contributed by atoms with E-state index in [-0.39, 0.29) is 16.8 Å². The van der Waals surface area contributed by atoms with Gasteiger partial charge in [0.2, 0.25) is 5.91 Å². The fourth-order valence-corrected chi connectivity index (χ4v) is 5.35. The molecule has 2 saturated heterocycles. The molecular formula is C21H24N2O2S. The number of hydrogen-bond acceptors (Lipinski definition) is 4. The van der Waals surface area contributed by atoms with E-state index in [1.165, 1.54) is 11.1 Å². The summed E-state index contributed by atoms with van der Waals surface area (Å²) in [5.41, 5.74) is 2.54. The number of hydrogen-bond donors (Lipinski definition) is 0. The lowest BCUT2D eigenvalue weighted by Gasteiger charge is -2.47. The van der Waals surface area contributed by atoms with E-state index in [1.807, 2.05) is 40.9 Å². The summed E-state index contributed by atoms with van der Waals surface area (Å²) in [5.74, 6) is 2.09. The molecule has 3 heterocycles. The number of likely N-dealkylation sites (tertiary alicyclic amines) is 1. The number of carbonyl (C=O) groups is 1. The fourth-order valence-electron chi connectivity index (χ4n) is 3.82. The van der Waals surface area contributed by atoms with Gasteiger partial charge >= 0.3 is 0 Å². The second-order valence-corrected chi connectivity index (χ2v) is 8.79. The van der Waals surface area contributed by atoms with E-state index in [0.29, 0.717) is 6.42 Å². The van der Waals surface area contributed by atoms with Gasteiger partial charge in [-0.15, -0.1) is 11.8 Å². The molecule has 1 spiro atoms. The Hall–Kier alpha value is -2.01. The highest BCUT2D eigenvalue weighted by molar-refractivity contribution is 8.01. The first-order chi connectivity index (χ1) is 12.6. The lowest BCUT2D eigenvalue weighted by molar-refractivity contribution is -0.136. The van der Waals surface area contributed by atoms with Crippen molar-refractivity contribution in [2.45, 2.75) is 37.0 Å². The molecule has 2 fully saturated rings. The number of nitrogens with zero attached hydrogens (tertiary/aromatic N) is 2. The van der Waals surface area contributed by atoms with Crippen molar-refractivity contribution in [3.8, 4) is 5.75 Å². The van der Waals surface area contributed by atoms with Crippen LogP contribution in [0.3, 0.4) is 0 Å². The topological polar surface area (TPSA) is 42.4 Å². The number of rotatable bonds is 5. The Kier molecular flexibility index (Phi) is 4.90. The molecule has 0 radical (unpaired) electrons. The van der Waals surface area contributed by atoms with Crippen LogP contribution in [0.25, 0.3) is 0 Å². The number of amides is 1. The zero-order valence-corrected chi connectivity index (χ0v) is 15.9. The first-order valence-corrected chi connectivity index (χ1v) is 10.2. The van der Waals surface area contributed by atoms with Crippen molar-refractivity contribution < 1.29 is 9.53 Å². The number of aromatic nitrogens is 1. The van der Waals surface area contributed by atoms with Crippen molar-refractivity contribution >= 4 is 17.7 Å². The summed E-state index contributed by atoms with van der Waals surface area (Å²) in [6.07, 6.45) is 6.17. The summed E-state index contributed by atoms with van der Waals surface area (Å²) in [6.45, 7) is 3.82. The van der Waals surface area contributed by atoms with Gasteiger partial charge in [-0.25, -0.2) is 0 Å². The van der Waals surface area contributed by atoms with Crippen LogP contribution >= 0.6 is 11.8 Å². The number of pyridine rings is 1. The predicted octanol–water partition coefficient (Wildman–Crippen LogP) is 3.49. The van der Waals surface area contributed by atoms with E-state index in [0.717, 1.165) is 37.4 Å². The summed E-state index contributed by atoms with van der Waals surface area (Å²) in [6, 6.07) is 12.2. The van der Waals surface area contributed by atoms with Crippen LogP contribution in [-0.4, -0.2) is 45.5 Å². The number of benzene rings is 1. The van der Waals surface area contributed by atoms with Crippen LogP contribution in [0.5, 0.6) is 5.75 Å². The third kappa shape index (κ3) is 3.73. The smallest absolute Gasteiger partial charge is 0.222 e. The predicted molar refractivity (Wildman–Crippen MR) is 105 cm³/mol. The highest BCUT2D eigenvalue weighted by atomic mass is 32.2. The molecule has 2 aliphatic heterocycles. The molecule has 1 atom stereocenters. The van der Waals surface area contributed by atoms with Gasteiger partial charge in [0.05, 0.1) is 10.9 Å². The van der Waals surface area contributed by atoms with Gasteiger partial charge in [0, 0.05) is 37.9 Å². The molecule has 2 aliphatic rings. The zero-order valence-electron chi connectivity index (χ0n) is 15.1. The van der Waals surface area contributed by atoms with Gasteiger partial charge in [0.1, 0.15) is 11.9 Å². The third-order valence-corrected chi connectivity index (χ3v) is 6.87. The molecule has 5 heteroatoms. The maximum absolute atomic E-state index is 12.5. The van der Waals surface area contributed by atoms with Crippen LogP contribution in [0.4, 0.5) is 0 Å². The van der Waals surface area contributed by atoms with Crippen LogP contribution in [0, 0.1) is 6.92 Å². The number of ether oxygens (including phenoxy) is 1. The Morgan fingerprint density at radius 1 is 1.31 bits per heavy atom. The zero-order chi connectivity index (χ0) is 18.0. The molecule has 136 valence electrons. The average molecular weight is 369 g/mol. The van der Waals surface area contributed by atoms with Crippen LogP contribution in [0.1, 0.15) is 24.0 Å². The lowest BCUT2D eigenvalue weighted by Crippen LogP contribution is -2.60. The summed E-state index contributed by atoms with van der Waals surface area (Å²) < 4.78 is 6.23. The molecular weight excluding hydrogens is 344 g/mol. The molecule has 0 N–H and O–H groups in total. The summed E-state index contributed by atoms with van der Waals surface area (Å²) in [7, 11) is 0. The van der Waals surface area contributed by atoms with E-state index >= 15 is 0 Å². The maximum atomic E-state index is 12.5. The van der Waals surface area contributed by atoms with Gasteiger partial charge in [-0.2, -0.15) is 0 Å². The molecule has 1 aromatic carbocycles. The van der Waals surface area contributed by atoms with E-state index in [9.17, 15) is 4.79 Å². The first kappa shape index (κ1) is 17.4. The van der Waals surface area contributed by atoms with Crippen molar-refractivity contribution in [1.82, 2.24) is 9.88 Å². The molecule has 1 aromatic heterocycles. The van der Waals surface area contributed by atoms with Gasteiger partial charge in [-0.1, -0.05) is 24.3 Å². The van der Waals surface area contributed by atoms with Crippen LogP contribution < -0.4 is 4.74 Å². The van der Waals surface area contributed by atoms with Crippen molar-refractivity contribution in [2.75, 3.05) is 18.8 Å². The second kappa shape index (κ2) is 7.31. The Bertz CT molecular complexity index is 775. The molecule has 0 saturated carbocycles. The SMILES string of the molecule is Cc1ccccc1CCC(=O)N1CC2(CC(Oc3cccnc3)CS2)C1. The number of thioether (sulfide) groups is 1. The normalized spacial score (nSPS) is 20.8. The summed E-state index contributed by atoms with van der Waals surface area (Å²) in [4.78, 5) is 18.6. The minimum atomic E-state index is 0.200. The fraction of sp³-hybridized carbons (Fsp3) is 0.429. The van der Waals surface area contributed by atoms with Crippen molar-refractivity contribution in [3.05, 3.63) is 59.9 Å². The lowest BCUT2D eigenvalue weighted by atomic mass is 9.92. The van der Waals surface area contributed by atoms with E-state index in [4.69, 9.17) is 4.74 Å². The van der Waals surface area contributed by atoms with Crippen LogP contribution in [0.2, 0.25) is 0 Å². The molecule has 2 aromatic rings. The second-order valence-electron chi connectivity index (χ2n) is 7.30. The van der Waals surface area contributed by atoms with Crippen molar-refractivity contribution in [3.63, 3.8) is 0 Å². The first-order valence-electron chi connectivity index (χ1n) is 9.16. The van der Waals surface area contributed by atoms with Gasteiger partial charge in [0.15, 0.2) is 0 Å². The maximum Gasteiger partial charge on any atom is 0.222 e. The monoisotopic (exact) mass is 368 g/mol. The van der Waals surface area contributed by atoms with Gasteiger partial charge in [-0.05, 0) is 36.6 Å². The Labute approximate surface area is 159 Å². The standard InChI is InChI=1S/C21H24N2O2S/c1-16-5-2-3-6-17(16)8-9-20(24)23-14-21(15-23)11-19(13-26-21)25-18-7-4-10-22-12-18/h2-7,10,12,19H,8-9,11,13-15H2,1H3. The molecule has 4 rings (SSSR count). The Morgan fingerprint density at radius 3 is 2.92 bits per heavy atom. The Balaban J connectivity index is 1.24. The van der Waals surface area contributed by atoms with Crippen molar-refractivity contribution in [1.29, 1.82) is 0 Å². The van der Waals surface area contributed by atoms with Gasteiger partial charge < -0.3 is 9.64 Å². The van der Waals surface area contributed by atoms with Crippen molar-refractivity contribution in [2.24, 2.45) is 0 Å². The van der Waals surface area contributed by atoms with E-state index < -0.39 is 0 Å². The van der Waals surface area contributed by atoms with Crippen LogP contribution in [0.15, 0.2) is 48.8 Å². The molecule has 0 aliphatic carbocycles. The van der Waals surface area contributed by atoms with E-state index in [1.54, 1.807) is 12.4 Å². The summed E-state index contributed by atoms with van der Waals surface area (Å²) in [5, 5.41) is 0. The minimum absolute atomic E-state index is 0.200. The molecule has 4 nitrogen and oxygen atoms in total. The van der Waals surface area contributed by atoms with Gasteiger partial charge in [0.25, 0.3) is 0 Å². The summed E-state index contributed by atoms with van der Waals surface area (Å²) >= 11 is 1.96. The number of carbonyl (C=O) groups excluding carboxylic acids is 1. The molecule has 26 heavy (non-hydrogen) atoms. The molecule has 0 bridgehead atoms. The van der Waals surface area contributed by atoms with Crippen LogP contribution in [-0.2, 0) is 11.2 Å². The minimum Gasteiger partial charge on any atom is -0.488 e.